The summed E-state index contributed by atoms with van der Waals surface area (Å²) in [6.45, 7) is 9.48. The van der Waals surface area contributed by atoms with E-state index in [4.69, 9.17) is 19.6 Å². The van der Waals surface area contributed by atoms with Crippen molar-refractivity contribution in [3.05, 3.63) is 89.8 Å². The average Bonchev–Trinajstić information content (AvgIpc) is 3.12. The molecule has 2 aromatic carbocycles. The topological polar surface area (TPSA) is 68.8 Å². The second kappa shape index (κ2) is 11.3. The zero-order chi connectivity index (χ0) is 24.7. The third-order valence-electron chi connectivity index (χ3n) is 5.64. The summed E-state index contributed by atoms with van der Waals surface area (Å²) in [5.41, 5.74) is 7.78. The number of rotatable bonds is 6. The van der Waals surface area contributed by atoms with E-state index >= 15 is 0 Å². The van der Waals surface area contributed by atoms with Gasteiger partial charge in [-0.3, -0.25) is 0 Å². The highest BCUT2D eigenvalue weighted by Crippen LogP contribution is 2.29. The molecular formula is C28H31N3O3. The van der Waals surface area contributed by atoms with Crippen LogP contribution in [0, 0.1) is 0 Å². The van der Waals surface area contributed by atoms with Gasteiger partial charge in [0.2, 0.25) is 11.4 Å². The summed E-state index contributed by atoms with van der Waals surface area (Å²) in [6.07, 6.45) is 2.10. The smallest absolute Gasteiger partial charge is 0.237 e. The number of carbonyl (C=O) groups excluding carboxylic acids is 1. The molecule has 6 nitrogen and oxygen atoms in total. The fourth-order valence-electron chi connectivity index (χ4n) is 4.02. The van der Waals surface area contributed by atoms with Crippen molar-refractivity contribution >= 4 is 28.8 Å². The minimum Gasteiger partial charge on any atom is -0.550 e. The standard InChI is InChI=1S/C26H28N3O.C2H4O2/c1-5-28(6-2)22-14-12-21(13-15-22)27-25-19(3)26(29-18-8-7-9-24(25)29)20-10-16-23(30-4)17-11-20;1-2(3)4/h7-18H,5-6H2,1-4H3;1H3,(H,3,4)/q+1;/p-1. The van der Waals surface area contributed by atoms with Gasteiger partial charge in [-0.1, -0.05) is 0 Å². The number of fused-ring (bicyclic) bond motifs is 1. The highest BCUT2D eigenvalue weighted by Gasteiger charge is 2.34. The number of methoxy groups -OCH3 is 1. The maximum absolute atomic E-state index is 8.89. The van der Waals surface area contributed by atoms with Crippen molar-refractivity contribution < 1.29 is 19.2 Å². The minimum atomic E-state index is -1.08. The van der Waals surface area contributed by atoms with Gasteiger partial charge in [-0.05, 0) is 82.3 Å². The Bertz CT molecular complexity index is 1190. The molecule has 3 aromatic rings. The maximum Gasteiger partial charge on any atom is 0.237 e. The van der Waals surface area contributed by atoms with Crippen LogP contribution in [0.5, 0.6) is 5.75 Å². The Morgan fingerprint density at radius 2 is 1.62 bits per heavy atom. The predicted molar refractivity (Wildman–Crippen MR) is 135 cm³/mol. The predicted octanol–water partition coefficient (Wildman–Crippen LogP) is 4.00. The molecule has 0 radical (unpaired) electrons. The molecule has 0 N–H and O–H groups in total. The Balaban J connectivity index is 0.000000751. The Morgan fingerprint density at radius 3 is 2.18 bits per heavy atom. The number of aromatic nitrogens is 1. The molecule has 1 aliphatic rings. The first-order valence-corrected chi connectivity index (χ1v) is 11.4. The van der Waals surface area contributed by atoms with Crippen LogP contribution in [0.15, 0.2) is 83.5 Å². The molecule has 0 aliphatic carbocycles. The van der Waals surface area contributed by atoms with Gasteiger partial charge in [0.25, 0.3) is 0 Å². The van der Waals surface area contributed by atoms with Crippen molar-refractivity contribution in [1.82, 2.24) is 0 Å². The summed E-state index contributed by atoms with van der Waals surface area (Å²) < 4.78 is 7.54. The lowest BCUT2D eigenvalue weighted by molar-refractivity contribution is -0.577. The van der Waals surface area contributed by atoms with E-state index in [1.54, 1.807) is 7.11 Å². The lowest BCUT2D eigenvalue weighted by Gasteiger charge is -2.20. The van der Waals surface area contributed by atoms with E-state index in [1.165, 1.54) is 11.3 Å². The summed E-state index contributed by atoms with van der Waals surface area (Å²) in [5.74, 6) is -0.226. The third kappa shape index (κ3) is 5.52. The van der Waals surface area contributed by atoms with Crippen LogP contribution in [0.2, 0.25) is 0 Å². The van der Waals surface area contributed by atoms with Crippen molar-refractivity contribution in [2.75, 3.05) is 25.1 Å². The number of carbonyl (C=O) groups is 1. The lowest BCUT2D eigenvalue weighted by atomic mass is 10.1. The first kappa shape index (κ1) is 24.7. The number of carboxylic acid groups (broad SMARTS) is 1. The van der Waals surface area contributed by atoms with E-state index in [2.05, 4.69) is 91.0 Å². The zero-order valence-corrected chi connectivity index (χ0v) is 20.4. The zero-order valence-electron chi connectivity index (χ0n) is 20.4. The number of anilines is 1. The Kier molecular flexibility index (Phi) is 8.19. The van der Waals surface area contributed by atoms with Crippen LogP contribution in [0.4, 0.5) is 11.4 Å². The molecule has 2 heterocycles. The van der Waals surface area contributed by atoms with Crippen LogP contribution in [0.3, 0.4) is 0 Å². The van der Waals surface area contributed by atoms with Gasteiger partial charge in [-0.25, -0.2) is 4.99 Å². The Morgan fingerprint density at radius 1 is 1.00 bits per heavy atom. The van der Waals surface area contributed by atoms with Gasteiger partial charge in [0, 0.05) is 42.4 Å². The van der Waals surface area contributed by atoms with E-state index in [0.29, 0.717) is 0 Å². The minimum absolute atomic E-state index is 0.857. The molecular weight excluding hydrogens is 426 g/mol. The van der Waals surface area contributed by atoms with Gasteiger partial charge in [-0.2, -0.15) is 4.57 Å². The normalized spacial score (nSPS) is 13.3. The second-order valence-electron chi connectivity index (χ2n) is 7.80. The van der Waals surface area contributed by atoms with Crippen LogP contribution < -0.4 is 19.3 Å². The molecule has 6 heteroatoms. The number of carboxylic acids is 1. The Hall–Kier alpha value is -3.93. The highest BCUT2D eigenvalue weighted by molar-refractivity contribution is 6.16. The van der Waals surface area contributed by atoms with Gasteiger partial charge in [0.15, 0.2) is 6.20 Å². The van der Waals surface area contributed by atoms with Crippen LogP contribution >= 0.6 is 0 Å². The first-order chi connectivity index (χ1) is 16.4. The number of allylic oxidation sites excluding steroid dienone is 1. The van der Waals surface area contributed by atoms with E-state index in [-0.39, 0.29) is 0 Å². The first-order valence-electron chi connectivity index (χ1n) is 11.4. The SMILES string of the molecule is CC(=O)[O-].CCN(CC)c1ccc(/N=C2\C(C)=C(c3ccc(OC)cc3)[n+]3ccccc32)cc1. The Labute approximate surface area is 201 Å². The third-order valence-corrected chi connectivity index (χ3v) is 5.64. The van der Waals surface area contributed by atoms with E-state index in [1.807, 2.05) is 12.1 Å². The number of aliphatic imine (C=N–C) groups is 1. The molecule has 0 saturated carbocycles. The second-order valence-corrected chi connectivity index (χ2v) is 7.80. The molecule has 0 amide bonds. The fraction of sp³-hybridized carbons (Fsp3) is 0.250. The van der Waals surface area contributed by atoms with Crippen LogP contribution in [-0.4, -0.2) is 31.9 Å². The molecule has 0 spiro atoms. The molecule has 176 valence electrons. The molecule has 1 aliphatic heterocycles. The van der Waals surface area contributed by atoms with Crippen LogP contribution in [0.1, 0.15) is 39.0 Å². The van der Waals surface area contributed by atoms with Gasteiger partial charge < -0.3 is 19.5 Å². The lowest BCUT2D eigenvalue weighted by Crippen LogP contribution is -2.34. The van der Waals surface area contributed by atoms with Gasteiger partial charge >= 0.3 is 0 Å². The molecule has 34 heavy (non-hydrogen) atoms. The number of benzene rings is 2. The van der Waals surface area contributed by atoms with Crippen LogP contribution in [0.25, 0.3) is 5.70 Å². The molecule has 1 aromatic heterocycles. The summed E-state index contributed by atoms with van der Waals surface area (Å²) in [5, 5.41) is 8.89. The van der Waals surface area contributed by atoms with Crippen molar-refractivity contribution in [3.63, 3.8) is 0 Å². The molecule has 0 bridgehead atoms. The van der Waals surface area contributed by atoms with Crippen molar-refractivity contribution in [2.45, 2.75) is 27.7 Å². The summed E-state index contributed by atoms with van der Waals surface area (Å²) in [4.78, 5) is 16.3. The summed E-state index contributed by atoms with van der Waals surface area (Å²) >= 11 is 0. The number of aliphatic carboxylic acids is 1. The van der Waals surface area contributed by atoms with Crippen LogP contribution in [-0.2, 0) is 4.79 Å². The fourth-order valence-corrected chi connectivity index (χ4v) is 4.02. The van der Waals surface area contributed by atoms with E-state index < -0.39 is 5.97 Å². The quantitative estimate of drug-likeness (QED) is 0.525. The number of nitrogens with zero attached hydrogens (tertiary/aromatic N) is 3. The number of hydrogen-bond acceptors (Lipinski definition) is 5. The molecule has 0 atom stereocenters. The number of ether oxygens (including phenoxy) is 1. The van der Waals surface area contributed by atoms with Crippen molar-refractivity contribution in [3.8, 4) is 5.75 Å². The molecule has 0 fully saturated rings. The van der Waals surface area contributed by atoms with Crippen molar-refractivity contribution in [1.29, 1.82) is 0 Å². The van der Waals surface area contributed by atoms with Gasteiger partial charge in [-0.15, -0.1) is 0 Å². The number of hydrogen-bond donors (Lipinski definition) is 0. The highest BCUT2D eigenvalue weighted by atomic mass is 16.5. The van der Waals surface area contributed by atoms with Crippen molar-refractivity contribution in [2.24, 2.45) is 4.99 Å². The average molecular weight is 458 g/mol. The van der Waals surface area contributed by atoms with Gasteiger partial charge in [0.1, 0.15) is 11.5 Å². The molecule has 0 unspecified atom stereocenters. The molecule has 0 saturated heterocycles. The summed E-state index contributed by atoms with van der Waals surface area (Å²) in [7, 11) is 1.69. The summed E-state index contributed by atoms with van der Waals surface area (Å²) in [6, 6.07) is 23.0. The van der Waals surface area contributed by atoms with Gasteiger partial charge in [0.05, 0.1) is 18.4 Å². The van der Waals surface area contributed by atoms with E-state index in [0.717, 1.165) is 54.1 Å². The number of pyridine rings is 1. The molecule has 4 rings (SSSR count). The largest absolute Gasteiger partial charge is 0.550 e. The van der Waals surface area contributed by atoms with E-state index in [9.17, 15) is 0 Å². The maximum atomic E-state index is 8.89. The monoisotopic (exact) mass is 457 g/mol.